The molecule has 0 aliphatic rings. The van der Waals surface area contributed by atoms with Crippen molar-refractivity contribution in [3.63, 3.8) is 0 Å². The second-order valence-electron chi connectivity index (χ2n) is 4.04. The van der Waals surface area contributed by atoms with Crippen LogP contribution in [-0.4, -0.2) is 34.5 Å². The van der Waals surface area contributed by atoms with Gasteiger partial charge in [0.1, 0.15) is 6.20 Å². The Morgan fingerprint density at radius 2 is 2.22 bits per heavy atom. The summed E-state index contributed by atoms with van der Waals surface area (Å²) in [6.45, 7) is 4.17. The van der Waals surface area contributed by atoms with Gasteiger partial charge in [-0.3, -0.25) is 14.8 Å². The van der Waals surface area contributed by atoms with E-state index >= 15 is 0 Å². The van der Waals surface area contributed by atoms with E-state index in [1.807, 2.05) is 0 Å². The van der Waals surface area contributed by atoms with Crippen LogP contribution in [0, 0.1) is 10.1 Å². The third-order valence-electron chi connectivity index (χ3n) is 2.41. The van der Waals surface area contributed by atoms with Crippen molar-refractivity contribution in [2.75, 3.05) is 25.1 Å². The Balaban J connectivity index is 2.25. The molecular formula is C11H20N4O3. The predicted octanol–water partition coefficient (Wildman–Crippen LogP) is 1.95. The summed E-state index contributed by atoms with van der Waals surface area (Å²) in [6, 6.07) is 0. The largest absolute Gasteiger partial charge is 0.381 e. The number of anilines is 1. The molecule has 0 amide bonds. The number of nitrogens with one attached hydrogen (secondary N) is 1. The molecule has 0 radical (unpaired) electrons. The monoisotopic (exact) mass is 256 g/mol. The fourth-order valence-electron chi connectivity index (χ4n) is 1.46. The van der Waals surface area contributed by atoms with Crippen LogP contribution in [0.5, 0.6) is 0 Å². The molecule has 18 heavy (non-hydrogen) atoms. The van der Waals surface area contributed by atoms with E-state index in [2.05, 4.69) is 17.3 Å². The molecule has 7 heteroatoms. The smallest absolute Gasteiger partial charge is 0.330 e. The number of aryl methyl sites for hydroxylation is 1. The van der Waals surface area contributed by atoms with Crippen LogP contribution in [-0.2, 0) is 11.8 Å². The lowest BCUT2D eigenvalue weighted by atomic mass is 10.3. The Hall–Kier alpha value is -1.63. The van der Waals surface area contributed by atoms with E-state index in [0.29, 0.717) is 19.0 Å². The van der Waals surface area contributed by atoms with E-state index in [1.54, 1.807) is 7.05 Å². The zero-order chi connectivity index (χ0) is 13.4. The molecule has 102 valence electrons. The molecule has 0 aliphatic carbocycles. The molecule has 1 heterocycles. The zero-order valence-electron chi connectivity index (χ0n) is 10.9. The Bertz CT molecular complexity index is 378. The Morgan fingerprint density at radius 3 is 2.89 bits per heavy atom. The van der Waals surface area contributed by atoms with Crippen LogP contribution in [0.25, 0.3) is 0 Å². The van der Waals surface area contributed by atoms with Crippen molar-refractivity contribution in [3.05, 3.63) is 16.3 Å². The molecule has 1 rings (SSSR count). The van der Waals surface area contributed by atoms with Gasteiger partial charge in [-0.2, -0.15) is 0 Å². The first-order valence-corrected chi connectivity index (χ1v) is 6.14. The lowest BCUT2D eigenvalue weighted by Crippen LogP contribution is -2.08. The molecule has 1 aromatic heterocycles. The quantitative estimate of drug-likeness (QED) is 0.415. The molecule has 0 bridgehead atoms. The van der Waals surface area contributed by atoms with Gasteiger partial charge in [-0.25, -0.2) is 0 Å². The van der Waals surface area contributed by atoms with E-state index in [9.17, 15) is 10.1 Å². The molecule has 7 nitrogen and oxygen atoms in total. The van der Waals surface area contributed by atoms with Gasteiger partial charge < -0.3 is 10.1 Å². The van der Waals surface area contributed by atoms with Gasteiger partial charge >= 0.3 is 5.69 Å². The molecule has 1 N–H and O–H groups in total. The van der Waals surface area contributed by atoms with Gasteiger partial charge in [0.15, 0.2) is 0 Å². The van der Waals surface area contributed by atoms with Crippen LogP contribution in [0.3, 0.4) is 0 Å². The summed E-state index contributed by atoms with van der Waals surface area (Å²) < 4.78 is 6.82. The molecule has 0 aliphatic heterocycles. The molecule has 0 unspecified atom stereocenters. The number of hydrogen-bond acceptors (Lipinski definition) is 5. The predicted molar refractivity (Wildman–Crippen MR) is 68.7 cm³/mol. The highest BCUT2D eigenvalue weighted by molar-refractivity contribution is 5.54. The van der Waals surface area contributed by atoms with Crippen LogP contribution in [0.2, 0.25) is 0 Å². The fraction of sp³-hybridized carbons (Fsp3) is 0.727. The second kappa shape index (κ2) is 7.65. The average Bonchev–Trinajstić information content (AvgIpc) is 2.69. The number of ether oxygens (including phenoxy) is 1. The van der Waals surface area contributed by atoms with Crippen molar-refractivity contribution in [3.8, 4) is 0 Å². The summed E-state index contributed by atoms with van der Waals surface area (Å²) >= 11 is 0. The summed E-state index contributed by atoms with van der Waals surface area (Å²) in [5.74, 6) is 0.316. The lowest BCUT2D eigenvalue weighted by molar-refractivity contribution is -0.384. The number of aromatic nitrogens is 2. The average molecular weight is 256 g/mol. The Morgan fingerprint density at radius 1 is 1.50 bits per heavy atom. The van der Waals surface area contributed by atoms with Crippen molar-refractivity contribution in [2.24, 2.45) is 7.05 Å². The maximum Gasteiger partial charge on any atom is 0.330 e. The molecule has 0 atom stereocenters. The van der Waals surface area contributed by atoms with E-state index in [1.165, 1.54) is 10.9 Å². The van der Waals surface area contributed by atoms with Gasteiger partial charge in [0.25, 0.3) is 0 Å². The van der Waals surface area contributed by atoms with Gasteiger partial charge in [0.2, 0.25) is 5.82 Å². The Kier molecular flexibility index (Phi) is 6.13. The molecule has 0 spiro atoms. The normalized spacial score (nSPS) is 10.6. The Labute approximate surface area is 106 Å². The standard InChI is InChI=1S/C11H20N4O3/c1-3-4-7-18-8-5-6-12-11-10(15(16)17)9-14(2)13-11/h9H,3-8H2,1-2H3,(H,12,13). The first-order chi connectivity index (χ1) is 8.65. The number of nitrogens with zero attached hydrogens (tertiary/aromatic N) is 3. The van der Waals surface area contributed by atoms with E-state index in [-0.39, 0.29) is 5.69 Å². The molecule has 0 saturated carbocycles. The minimum absolute atomic E-state index is 0.00408. The van der Waals surface area contributed by atoms with E-state index in [0.717, 1.165) is 25.9 Å². The summed E-state index contributed by atoms with van der Waals surface area (Å²) in [6.07, 6.45) is 4.38. The number of unbranched alkanes of at least 4 members (excludes halogenated alkanes) is 1. The van der Waals surface area contributed by atoms with Gasteiger partial charge in [-0.1, -0.05) is 13.3 Å². The lowest BCUT2D eigenvalue weighted by Gasteiger charge is -2.04. The molecule has 0 aromatic carbocycles. The minimum Gasteiger partial charge on any atom is -0.381 e. The summed E-state index contributed by atoms with van der Waals surface area (Å²) in [4.78, 5) is 10.3. The highest BCUT2D eigenvalue weighted by Crippen LogP contribution is 2.20. The second-order valence-corrected chi connectivity index (χ2v) is 4.04. The van der Waals surface area contributed by atoms with Crippen molar-refractivity contribution in [1.82, 2.24) is 9.78 Å². The van der Waals surface area contributed by atoms with Crippen LogP contribution >= 0.6 is 0 Å². The summed E-state index contributed by atoms with van der Waals surface area (Å²) in [5, 5.41) is 17.7. The van der Waals surface area contributed by atoms with E-state index < -0.39 is 4.92 Å². The molecule has 0 saturated heterocycles. The maximum atomic E-state index is 10.7. The van der Waals surface area contributed by atoms with Crippen molar-refractivity contribution < 1.29 is 9.66 Å². The molecular weight excluding hydrogens is 236 g/mol. The van der Waals surface area contributed by atoms with Crippen LogP contribution in [0.1, 0.15) is 26.2 Å². The third kappa shape index (κ3) is 4.70. The van der Waals surface area contributed by atoms with Crippen LogP contribution in [0.4, 0.5) is 11.5 Å². The van der Waals surface area contributed by atoms with Gasteiger partial charge in [0.05, 0.1) is 4.92 Å². The summed E-state index contributed by atoms with van der Waals surface area (Å²) in [5.41, 5.74) is 0.00408. The first-order valence-electron chi connectivity index (χ1n) is 6.14. The molecule has 1 aromatic rings. The van der Waals surface area contributed by atoms with Gasteiger partial charge in [0, 0.05) is 26.8 Å². The highest BCUT2D eigenvalue weighted by atomic mass is 16.6. The number of hydrogen-bond donors (Lipinski definition) is 1. The maximum absolute atomic E-state index is 10.7. The summed E-state index contributed by atoms with van der Waals surface area (Å²) in [7, 11) is 1.66. The SMILES string of the molecule is CCCCOCCCNc1nn(C)cc1[N+](=O)[O-]. The number of rotatable bonds is 9. The molecule has 0 fully saturated rings. The number of nitro groups is 1. The topological polar surface area (TPSA) is 82.2 Å². The fourth-order valence-corrected chi connectivity index (χ4v) is 1.46. The minimum atomic E-state index is -0.437. The third-order valence-corrected chi connectivity index (χ3v) is 2.41. The first kappa shape index (κ1) is 14.4. The zero-order valence-corrected chi connectivity index (χ0v) is 10.9. The van der Waals surface area contributed by atoms with E-state index in [4.69, 9.17) is 4.74 Å². The van der Waals surface area contributed by atoms with Crippen molar-refractivity contribution >= 4 is 11.5 Å². The van der Waals surface area contributed by atoms with Gasteiger partial charge in [-0.15, -0.1) is 5.10 Å². The van der Waals surface area contributed by atoms with Gasteiger partial charge in [-0.05, 0) is 12.8 Å². The van der Waals surface area contributed by atoms with Crippen molar-refractivity contribution in [1.29, 1.82) is 0 Å². The van der Waals surface area contributed by atoms with Crippen molar-refractivity contribution in [2.45, 2.75) is 26.2 Å². The van der Waals surface area contributed by atoms with Crippen LogP contribution in [0.15, 0.2) is 6.20 Å². The highest BCUT2D eigenvalue weighted by Gasteiger charge is 2.17. The van der Waals surface area contributed by atoms with Crippen LogP contribution < -0.4 is 5.32 Å².